The van der Waals surface area contributed by atoms with E-state index in [1.165, 1.54) is 38.5 Å². The summed E-state index contributed by atoms with van der Waals surface area (Å²) < 4.78 is 5.28. The van der Waals surface area contributed by atoms with Gasteiger partial charge in [-0.05, 0) is 25.7 Å². The number of unbranched alkanes of at least 4 members (excludes halogenated alkanes) is 5. The first kappa shape index (κ1) is 14.3. The maximum Gasteiger partial charge on any atom is 0.409 e. The number of carbonyl (C=O) groups excluding carboxylic acids is 1. The fraction of sp³-hybridized carbons (Fsp3) is 0.929. The van der Waals surface area contributed by atoms with E-state index < -0.39 is 0 Å². The third kappa shape index (κ3) is 6.54. The second-order valence-corrected chi connectivity index (χ2v) is 4.93. The molecule has 0 radical (unpaired) electrons. The highest BCUT2D eigenvalue weighted by Crippen LogP contribution is 2.10. The summed E-state index contributed by atoms with van der Waals surface area (Å²) in [5.74, 6) is 0. The summed E-state index contributed by atoms with van der Waals surface area (Å²) in [6, 6.07) is 0. The molecule has 1 fully saturated rings. The molecule has 0 aromatic carbocycles. The first-order valence-corrected chi connectivity index (χ1v) is 7.26. The molecule has 0 spiro atoms. The summed E-state index contributed by atoms with van der Waals surface area (Å²) >= 11 is 0. The van der Waals surface area contributed by atoms with E-state index in [0.717, 1.165) is 32.4 Å². The summed E-state index contributed by atoms with van der Waals surface area (Å²) in [5, 5.41) is 0. The number of ether oxygens (including phenoxy) is 1. The zero-order chi connectivity index (χ0) is 12.3. The summed E-state index contributed by atoms with van der Waals surface area (Å²) in [5.41, 5.74) is 0. The average Bonchev–Trinajstić information content (AvgIpc) is 2.38. The van der Waals surface area contributed by atoms with Crippen LogP contribution in [0.5, 0.6) is 0 Å². The van der Waals surface area contributed by atoms with E-state index >= 15 is 0 Å². The van der Waals surface area contributed by atoms with Gasteiger partial charge in [0.15, 0.2) is 0 Å². The minimum absolute atomic E-state index is 0.0988. The first-order chi connectivity index (χ1) is 8.34. The first-order valence-electron chi connectivity index (χ1n) is 7.26. The lowest BCUT2D eigenvalue weighted by Crippen LogP contribution is -2.36. The van der Waals surface area contributed by atoms with Crippen LogP contribution < -0.4 is 0 Å². The molecule has 0 aromatic rings. The molecule has 0 aliphatic carbocycles. The molecular weight excluding hydrogens is 214 g/mol. The number of amides is 1. The molecule has 3 heteroatoms. The van der Waals surface area contributed by atoms with Crippen LogP contribution in [0.3, 0.4) is 0 Å². The van der Waals surface area contributed by atoms with Crippen molar-refractivity contribution < 1.29 is 9.53 Å². The number of rotatable bonds is 7. The molecule has 0 atom stereocenters. The quantitative estimate of drug-likeness (QED) is 0.631. The predicted octanol–water partition coefficient (Wildman–Crippen LogP) is 3.97. The third-order valence-electron chi connectivity index (χ3n) is 3.34. The zero-order valence-corrected chi connectivity index (χ0v) is 11.2. The fourth-order valence-electron chi connectivity index (χ4n) is 2.21. The van der Waals surface area contributed by atoms with Crippen molar-refractivity contribution >= 4 is 6.09 Å². The van der Waals surface area contributed by atoms with Crippen molar-refractivity contribution in [1.29, 1.82) is 0 Å². The highest BCUT2D eigenvalue weighted by atomic mass is 16.6. The van der Waals surface area contributed by atoms with E-state index in [1.807, 2.05) is 4.90 Å². The Morgan fingerprint density at radius 3 is 2.35 bits per heavy atom. The number of nitrogens with zero attached hydrogens (tertiary/aromatic N) is 1. The van der Waals surface area contributed by atoms with Crippen LogP contribution in [0.1, 0.15) is 64.7 Å². The van der Waals surface area contributed by atoms with Crippen LogP contribution in [-0.4, -0.2) is 30.7 Å². The molecule has 1 amide bonds. The molecule has 0 saturated carbocycles. The SMILES string of the molecule is CCCCCCCCOC(=O)N1CCCCC1. The van der Waals surface area contributed by atoms with E-state index in [2.05, 4.69) is 6.92 Å². The average molecular weight is 241 g/mol. The molecule has 3 nitrogen and oxygen atoms in total. The Labute approximate surface area is 106 Å². The maximum absolute atomic E-state index is 11.6. The van der Waals surface area contributed by atoms with Crippen LogP contribution in [0.4, 0.5) is 4.79 Å². The molecule has 0 bridgehead atoms. The highest BCUT2D eigenvalue weighted by Gasteiger charge is 2.16. The Morgan fingerprint density at radius 1 is 1.00 bits per heavy atom. The van der Waals surface area contributed by atoms with E-state index in [1.54, 1.807) is 0 Å². The van der Waals surface area contributed by atoms with Gasteiger partial charge in [-0.2, -0.15) is 0 Å². The van der Waals surface area contributed by atoms with Gasteiger partial charge < -0.3 is 9.64 Å². The summed E-state index contributed by atoms with van der Waals surface area (Å²) in [6.07, 6.45) is 10.8. The molecule has 0 unspecified atom stereocenters. The summed E-state index contributed by atoms with van der Waals surface area (Å²) in [6.45, 7) is 4.59. The van der Waals surface area contributed by atoms with Crippen molar-refractivity contribution in [3.05, 3.63) is 0 Å². The second-order valence-electron chi connectivity index (χ2n) is 4.93. The molecule has 1 aliphatic heterocycles. The van der Waals surface area contributed by atoms with Crippen molar-refractivity contribution in [1.82, 2.24) is 4.90 Å². The largest absolute Gasteiger partial charge is 0.449 e. The second kappa shape index (κ2) is 9.32. The van der Waals surface area contributed by atoms with E-state index in [-0.39, 0.29) is 6.09 Å². The Balaban J connectivity index is 1.92. The van der Waals surface area contributed by atoms with Gasteiger partial charge in [0.25, 0.3) is 0 Å². The van der Waals surface area contributed by atoms with Gasteiger partial charge >= 0.3 is 6.09 Å². The molecule has 0 aromatic heterocycles. The van der Waals surface area contributed by atoms with Crippen LogP contribution in [0.2, 0.25) is 0 Å². The number of carbonyl (C=O) groups is 1. The van der Waals surface area contributed by atoms with Crippen molar-refractivity contribution in [2.75, 3.05) is 19.7 Å². The molecular formula is C14H27NO2. The zero-order valence-electron chi connectivity index (χ0n) is 11.2. The minimum atomic E-state index is -0.0988. The van der Waals surface area contributed by atoms with Gasteiger partial charge in [-0.15, -0.1) is 0 Å². The fourth-order valence-corrected chi connectivity index (χ4v) is 2.21. The smallest absolute Gasteiger partial charge is 0.409 e. The standard InChI is InChI=1S/C14H27NO2/c1-2-3-4-5-6-10-13-17-14(16)15-11-8-7-9-12-15/h2-13H2,1H3. The van der Waals surface area contributed by atoms with E-state index in [0.29, 0.717) is 6.61 Å². The molecule has 1 aliphatic rings. The normalized spacial score (nSPS) is 15.9. The van der Waals surface area contributed by atoms with Gasteiger partial charge in [-0.3, -0.25) is 0 Å². The lowest BCUT2D eigenvalue weighted by molar-refractivity contribution is 0.0936. The number of hydrogen-bond acceptors (Lipinski definition) is 2. The number of likely N-dealkylation sites (tertiary alicyclic amines) is 1. The highest BCUT2D eigenvalue weighted by molar-refractivity contribution is 5.67. The van der Waals surface area contributed by atoms with Crippen LogP contribution in [0.15, 0.2) is 0 Å². The van der Waals surface area contributed by atoms with Gasteiger partial charge in [0.05, 0.1) is 6.61 Å². The van der Waals surface area contributed by atoms with Crippen LogP contribution >= 0.6 is 0 Å². The van der Waals surface area contributed by atoms with Crippen molar-refractivity contribution in [2.24, 2.45) is 0 Å². The summed E-state index contributed by atoms with van der Waals surface area (Å²) in [7, 11) is 0. The van der Waals surface area contributed by atoms with Crippen molar-refractivity contribution in [3.8, 4) is 0 Å². The van der Waals surface area contributed by atoms with Crippen LogP contribution in [0, 0.1) is 0 Å². The van der Waals surface area contributed by atoms with Crippen molar-refractivity contribution in [2.45, 2.75) is 64.7 Å². The Hall–Kier alpha value is -0.730. The number of hydrogen-bond donors (Lipinski definition) is 0. The lowest BCUT2D eigenvalue weighted by Gasteiger charge is -2.25. The van der Waals surface area contributed by atoms with Crippen LogP contribution in [-0.2, 0) is 4.74 Å². The summed E-state index contributed by atoms with van der Waals surface area (Å²) in [4.78, 5) is 13.5. The van der Waals surface area contributed by atoms with Gasteiger partial charge in [0, 0.05) is 13.1 Å². The minimum Gasteiger partial charge on any atom is -0.449 e. The van der Waals surface area contributed by atoms with Crippen LogP contribution in [0.25, 0.3) is 0 Å². The molecule has 0 N–H and O–H groups in total. The topological polar surface area (TPSA) is 29.5 Å². The lowest BCUT2D eigenvalue weighted by atomic mass is 10.1. The van der Waals surface area contributed by atoms with E-state index in [9.17, 15) is 4.79 Å². The van der Waals surface area contributed by atoms with Gasteiger partial charge in [0.1, 0.15) is 0 Å². The third-order valence-corrected chi connectivity index (χ3v) is 3.34. The Morgan fingerprint density at radius 2 is 1.65 bits per heavy atom. The van der Waals surface area contributed by atoms with Gasteiger partial charge in [0.2, 0.25) is 0 Å². The molecule has 1 rings (SSSR count). The Bertz CT molecular complexity index is 200. The molecule has 17 heavy (non-hydrogen) atoms. The van der Waals surface area contributed by atoms with Gasteiger partial charge in [-0.1, -0.05) is 39.0 Å². The monoisotopic (exact) mass is 241 g/mol. The van der Waals surface area contributed by atoms with Gasteiger partial charge in [-0.25, -0.2) is 4.79 Å². The molecule has 1 heterocycles. The predicted molar refractivity (Wildman–Crippen MR) is 70.1 cm³/mol. The Kier molecular flexibility index (Phi) is 7.85. The maximum atomic E-state index is 11.6. The van der Waals surface area contributed by atoms with E-state index in [4.69, 9.17) is 4.74 Å². The molecule has 1 saturated heterocycles. The van der Waals surface area contributed by atoms with Crippen molar-refractivity contribution in [3.63, 3.8) is 0 Å². The molecule has 100 valence electrons. The number of piperidine rings is 1.